The molecule has 0 saturated carbocycles. The fourth-order valence-electron chi connectivity index (χ4n) is 4.13. The molecule has 4 rings (SSSR count). The number of carbonyl (C=O) groups is 2. The Morgan fingerprint density at radius 3 is 2.70 bits per heavy atom. The number of thiocarbonyl (C=S) groups is 1. The van der Waals surface area contributed by atoms with Crippen molar-refractivity contribution in [2.75, 3.05) is 24.5 Å². The number of pyridine rings is 1. The zero-order chi connectivity index (χ0) is 23.7. The Kier molecular flexibility index (Phi) is 6.85. The summed E-state index contributed by atoms with van der Waals surface area (Å²) < 4.78 is 2.02. The maximum absolute atomic E-state index is 13.6. The molecule has 4 heterocycles. The van der Waals surface area contributed by atoms with E-state index in [1.807, 2.05) is 24.0 Å². The van der Waals surface area contributed by atoms with Crippen molar-refractivity contribution in [3.05, 3.63) is 44.7 Å². The molecular weight excluding hydrogens is 458 g/mol. The summed E-state index contributed by atoms with van der Waals surface area (Å²) in [6.07, 6.45) is 6.39. The highest BCUT2D eigenvalue weighted by atomic mass is 32.2. The number of amides is 2. The molecule has 2 amide bonds. The number of nitrogens with zero attached hydrogens (tertiary/aromatic N) is 4. The van der Waals surface area contributed by atoms with E-state index < -0.39 is 0 Å². The van der Waals surface area contributed by atoms with Crippen molar-refractivity contribution in [3.63, 3.8) is 0 Å². The van der Waals surface area contributed by atoms with Crippen molar-refractivity contribution in [2.45, 2.75) is 39.5 Å². The van der Waals surface area contributed by atoms with Gasteiger partial charge >= 0.3 is 0 Å². The third kappa shape index (κ3) is 4.67. The van der Waals surface area contributed by atoms with Crippen LogP contribution in [0.4, 0.5) is 5.82 Å². The summed E-state index contributed by atoms with van der Waals surface area (Å²) in [5, 5.41) is 0. The molecule has 2 aliphatic heterocycles. The van der Waals surface area contributed by atoms with Gasteiger partial charge in [0.1, 0.15) is 15.8 Å². The maximum atomic E-state index is 13.6. The number of unbranched alkanes of at least 4 members (excludes halogenated alkanes) is 1. The summed E-state index contributed by atoms with van der Waals surface area (Å²) in [6.45, 7) is 5.65. The molecular formula is C23H27N5O3S2. The lowest BCUT2D eigenvalue weighted by Gasteiger charge is -2.32. The Labute approximate surface area is 201 Å². The van der Waals surface area contributed by atoms with Gasteiger partial charge in [-0.3, -0.25) is 23.7 Å². The fourth-order valence-corrected chi connectivity index (χ4v) is 5.42. The van der Waals surface area contributed by atoms with Crippen molar-refractivity contribution < 1.29 is 9.59 Å². The van der Waals surface area contributed by atoms with Gasteiger partial charge in [0.25, 0.3) is 11.5 Å². The molecule has 2 fully saturated rings. The van der Waals surface area contributed by atoms with Crippen LogP contribution < -0.4 is 16.2 Å². The molecule has 8 nitrogen and oxygen atoms in total. The molecule has 33 heavy (non-hydrogen) atoms. The van der Waals surface area contributed by atoms with Crippen LogP contribution in [0, 0.1) is 12.8 Å². The number of anilines is 1. The quantitative estimate of drug-likeness (QED) is 0.496. The van der Waals surface area contributed by atoms with Gasteiger partial charge in [0.15, 0.2) is 0 Å². The van der Waals surface area contributed by atoms with Crippen LogP contribution in [0.3, 0.4) is 0 Å². The molecule has 10 heteroatoms. The smallest absolute Gasteiger partial charge is 0.267 e. The molecule has 0 atom stereocenters. The van der Waals surface area contributed by atoms with Crippen molar-refractivity contribution in [3.8, 4) is 0 Å². The second kappa shape index (κ2) is 9.64. The normalized spacial score (nSPS) is 18.7. The average molecular weight is 486 g/mol. The number of thioether (sulfide) groups is 1. The SMILES string of the molecule is CCCCN1C(=O)/C(=C\c2c(N3CCC(C(N)=O)CC3)nc3ccc(C)cn3c2=O)SC1=S. The van der Waals surface area contributed by atoms with Crippen LogP contribution in [0.5, 0.6) is 0 Å². The van der Waals surface area contributed by atoms with Gasteiger partial charge in [-0.2, -0.15) is 0 Å². The molecule has 2 aliphatic rings. The number of aromatic nitrogens is 2. The van der Waals surface area contributed by atoms with Crippen LogP contribution in [-0.2, 0) is 9.59 Å². The first-order valence-electron chi connectivity index (χ1n) is 11.1. The summed E-state index contributed by atoms with van der Waals surface area (Å²) in [4.78, 5) is 47.0. The van der Waals surface area contributed by atoms with Crippen molar-refractivity contribution >= 4 is 57.7 Å². The van der Waals surface area contributed by atoms with Crippen LogP contribution in [0.1, 0.15) is 43.7 Å². The molecule has 0 aliphatic carbocycles. The Morgan fingerprint density at radius 1 is 1.30 bits per heavy atom. The van der Waals surface area contributed by atoms with Crippen molar-refractivity contribution in [1.82, 2.24) is 14.3 Å². The Hall–Kier alpha value is -2.72. The lowest BCUT2D eigenvalue weighted by molar-refractivity contribution is -0.123. The van der Waals surface area contributed by atoms with E-state index in [0.29, 0.717) is 58.7 Å². The summed E-state index contributed by atoms with van der Waals surface area (Å²) >= 11 is 6.64. The summed E-state index contributed by atoms with van der Waals surface area (Å²) in [5.74, 6) is -0.132. The molecule has 0 spiro atoms. The zero-order valence-electron chi connectivity index (χ0n) is 18.7. The standard InChI is InChI=1S/C23H27N5O3S2/c1-3-4-9-27-22(31)17(33-23(27)32)12-16-20(26-10-7-15(8-11-26)19(24)29)25-18-6-5-14(2)13-28(18)21(16)30/h5-6,12-13,15H,3-4,7-11H2,1-2H3,(H2,24,29)/b17-12+. The minimum atomic E-state index is -0.298. The van der Waals surface area contributed by atoms with Crippen LogP contribution in [-0.4, -0.2) is 50.1 Å². The van der Waals surface area contributed by atoms with E-state index in [1.165, 1.54) is 16.2 Å². The lowest BCUT2D eigenvalue weighted by atomic mass is 9.96. The first kappa shape index (κ1) is 23.4. The van der Waals surface area contributed by atoms with E-state index in [9.17, 15) is 14.4 Å². The second-order valence-corrected chi connectivity index (χ2v) is 10.1. The molecule has 0 bridgehead atoms. The Bertz CT molecular complexity index is 1210. The number of carbonyl (C=O) groups excluding carboxylic acids is 2. The monoisotopic (exact) mass is 485 g/mol. The number of hydrogen-bond donors (Lipinski definition) is 1. The van der Waals surface area contributed by atoms with Gasteiger partial charge in [0, 0.05) is 31.7 Å². The van der Waals surface area contributed by atoms with Crippen LogP contribution >= 0.6 is 24.0 Å². The number of fused-ring (bicyclic) bond motifs is 1. The number of piperidine rings is 1. The van der Waals surface area contributed by atoms with E-state index >= 15 is 0 Å². The predicted octanol–water partition coefficient (Wildman–Crippen LogP) is 2.71. The van der Waals surface area contributed by atoms with Gasteiger partial charge < -0.3 is 10.6 Å². The van der Waals surface area contributed by atoms with E-state index in [-0.39, 0.29) is 23.3 Å². The molecule has 174 valence electrons. The van der Waals surface area contributed by atoms with Gasteiger partial charge in [-0.15, -0.1) is 0 Å². The summed E-state index contributed by atoms with van der Waals surface area (Å²) in [5.41, 5.74) is 7.06. The number of aryl methyl sites for hydroxylation is 1. The molecule has 2 aromatic heterocycles. The van der Waals surface area contributed by atoms with Crippen molar-refractivity contribution in [1.29, 1.82) is 0 Å². The van der Waals surface area contributed by atoms with E-state index in [1.54, 1.807) is 17.2 Å². The van der Waals surface area contributed by atoms with Crippen LogP contribution in [0.2, 0.25) is 0 Å². The maximum Gasteiger partial charge on any atom is 0.267 e. The lowest BCUT2D eigenvalue weighted by Crippen LogP contribution is -2.40. The van der Waals surface area contributed by atoms with Gasteiger partial charge in [0.2, 0.25) is 5.91 Å². The van der Waals surface area contributed by atoms with E-state index in [0.717, 1.165) is 18.4 Å². The van der Waals surface area contributed by atoms with Crippen molar-refractivity contribution in [2.24, 2.45) is 11.7 Å². The third-order valence-electron chi connectivity index (χ3n) is 6.07. The van der Waals surface area contributed by atoms with Crippen LogP contribution in [0.25, 0.3) is 11.7 Å². The minimum absolute atomic E-state index is 0.175. The number of nitrogens with two attached hydrogens (primary N) is 1. The highest BCUT2D eigenvalue weighted by Crippen LogP contribution is 2.34. The topological polar surface area (TPSA) is 101 Å². The number of hydrogen-bond acceptors (Lipinski definition) is 7. The molecule has 2 saturated heterocycles. The first-order chi connectivity index (χ1) is 15.8. The van der Waals surface area contributed by atoms with Gasteiger partial charge in [-0.25, -0.2) is 4.98 Å². The summed E-state index contributed by atoms with van der Waals surface area (Å²) in [7, 11) is 0. The second-order valence-electron chi connectivity index (χ2n) is 8.44. The molecule has 0 aromatic carbocycles. The molecule has 2 aromatic rings. The highest BCUT2D eigenvalue weighted by molar-refractivity contribution is 8.26. The highest BCUT2D eigenvalue weighted by Gasteiger charge is 2.33. The van der Waals surface area contributed by atoms with E-state index in [4.69, 9.17) is 22.9 Å². The number of primary amides is 1. The van der Waals surface area contributed by atoms with E-state index in [2.05, 4.69) is 6.92 Å². The zero-order valence-corrected chi connectivity index (χ0v) is 20.4. The largest absolute Gasteiger partial charge is 0.369 e. The number of rotatable bonds is 6. The first-order valence-corrected chi connectivity index (χ1v) is 12.3. The van der Waals surface area contributed by atoms with Gasteiger partial charge in [-0.05, 0) is 43.9 Å². The minimum Gasteiger partial charge on any atom is -0.369 e. The Morgan fingerprint density at radius 2 is 2.03 bits per heavy atom. The van der Waals surface area contributed by atoms with Gasteiger partial charge in [-0.1, -0.05) is 43.4 Å². The predicted molar refractivity (Wildman–Crippen MR) is 135 cm³/mol. The van der Waals surface area contributed by atoms with Crippen LogP contribution in [0.15, 0.2) is 28.0 Å². The molecule has 0 unspecified atom stereocenters. The van der Waals surface area contributed by atoms with Gasteiger partial charge in [0.05, 0.1) is 10.5 Å². The Balaban J connectivity index is 1.79. The fraction of sp³-hybridized carbons (Fsp3) is 0.435. The molecule has 2 N–H and O–H groups in total. The third-order valence-corrected chi connectivity index (χ3v) is 7.44. The summed E-state index contributed by atoms with van der Waals surface area (Å²) in [6, 6.07) is 3.72. The molecule has 0 radical (unpaired) electrons. The average Bonchev–Trinajstić information content (AvgIpc) is 3.06.